The van der Waals surface area contributed by atoms with Crippen LogP contribution in [0, 0.1) is 0 Å². The minimum absolute atomic E-state index is 0.270. The molecule has 0 aliphatic heterocycles. The third kappa shape index (κ3) is 4.25. The van der Waals surface area contributed by atoms with Crippen molar-refractivity contribution in [2.45, 2.75) is 0 Å². The molecule has 0 bridgehead atoms. The predicted molar refractivity (Wildman–Crippen MR) is 171 cm³/mol. The predicted octanol–water partition coefficient (Wildman–Crippen LogP) is 9.06. The molecule has 2 aromatic heterocycles. The fraction of sp³-hybridized carbons (Fsp3) is 0. The van der Waals surface area contributed by atoms with Gasteiger partial charge in [-0.15, -0.1) is 0 Å². The molecule has 41 heavy (non-hydrogen) atoms. The summed E-state index contributed by atoms with van der Waals surface area (Å²) in [5.41, 5.74) is 5.47. The minimum atomic E-state index is 0.270. The van der Waals surface area contributed by atoms with E-state index in [4.69, 9.17) is 15.0 Å². The molecule has 0 aliphatic carbocycles. The molecule has 0 N–H and O–H groups in total. The molecule has 0 aliphatic rings. The Morgan fingerprint density at radius 1 is 0.390 bits per heavy atom. The van der Waals surface area contributed by atoms with Crippen molar-refractivity contribution in [1.29, 1.82) is 0 Å². The zero-order chi connectivity index (χ0) is 27.2. The summed E-state index contributed by atoms with van der Waals surface area (Å²) in [5, 5.41) is 5.14. The summed E-state index contributed by atoms with van der Waals surface area (Å²) in [6, 6.07) is 49.0. The molecule has 0 fully saturated rings. The Kier molecular flexibility index (Phi) is 5.81. The quantitative estimate of drug-likeness (QED) is 0.193. The number of nitrogens with zero attached hydrogens (tertiary/aromatic N) is 3. The third-order valence-corrected chi connectivity index (χ3v) is 10.1. The Morgan fingerprint density at radius 3 is 1.71 bits per heavy atom. The average Bonchev–Trinajstić information content (AvgIpc) is 3.44. The van der Waals surface area contributed by atoms with E-state index in [-0.39, 0.29) is 14.5 Å². The Bertz CT molecular complexity index is 2140. The van der Waals surface area contributed by atoms with E-state index >= 15 is 0 Å². The van der Waals surface area contributed by atoms with Crippen molar-refractivity contribution in [3.05, 3.63) is 140 Å². The van der Waals surface area contributed by atoms with Gasteiger partial charge in [-0.3, -0.25) is 0 Å². The van der Waals surface area contributed by atoms with Crippen molar-refractivity contribution in [1.82, 2.24) is 15.0 Å². The van der Waals surface area contributed by atoms with Gasteiger partial charge in [-0.25, -0.2) is 0 Å². The van der Waals surface area contributed by atoms with Crippen LogP contribution in [0.25, 0.3) is 75.4 Å². The SMILES string of the molecule is c1ccc(-c2nc(-c3ccccc3)nc(-c3ccc4cccc(-c5cccc6c5[se]c5ccccc56)c4c3)n2)cc1. The molecule has 8 rings (SSSR count). The molecule has 6 aromatic carbocycles. The van der Waals surface area contributed by atoms with Crippen molar-refractivity contribution < 1.29 is 0 Å². The van der Waals surface area contributed by atoms with E-state index in [2.05, 4.69) is 78.9 Å². The molecule has 4 heteroatoms. The first-order valence-electron chi connectivity index (χ1n) is 13.6. The van der Waals surface area contributed by atoms with Gasteiger partial charge < -0.3 is 0 Å². The summed E-state index contributed by atoms with van der Waals surface area (Å²) in [7, 11) is 0. The number of fused-ring (bicyclic) bond motifs is 4. The van der Waals surface area contributed by atoms with Gasteiger partial charge in [0.05, 0.1) is 0 Å². The Labute approximate surface area is 243 Å². The first-order valence-corrected chi connectivity index (χ1v) is 15.3. The van der Waals surface area contributed by atoms with E-state index in [1.165, 1.54) is 41.2 Å². The molecule has 0 unspecified atom stereocenters. The summed E-state index contributed by atoms with van der Waals surface area (Å²) in [6.07, 6.45) is 0. The molecular weight excluding hydrogens is 565 g/mol. The van der Waals surface area contributed by atoms with Gasteiger partial charge >= 0.3 is 232 Å². The molecule has 0 spiro atoms. The molecule has 192 valence electrons. The normalized spacial score (nSPS) is 11.4. The topological polar surface area (TPSA) is 38.7 Å². The van der Waals surface area contributed by atoms with E-state index in [1.54, 1.807) is 0 Å². The van der Waals surface area contributed by atoms with Crippen molar-refractivity contribution in [2.24, 2.45) is 0 Å². The van der Waals surface area contributed by atoms with Crippen LogP contribution < -0.4 is 0 Å². The van der Waals surface area contributed by atoms with Gasteiger partial charge in [0.25, 0.3) is 0 Å². The Hall–Kier alpha value is -4.89. The second-order valence-electron chi connectivity index (χ2n) is 10.1. The van der Waals surface area contributed by atoms with Crippen LogP contribution in [0.15, 0.2) is 140 Å². The molecule has 0 saturated heterocycles. The number of rotatable bonds is 4. The second kappa shape index (κ2) is 9.94. The van der Waals surface area contributed by atoms with E-state index in [9.17, 15) is 0 Å². The summed E-state index contributed by atoms with van der Waals surface area (Å²) < 4.78 is 2.91. The maximum atomic E-state index is 4.97. The van der Waals surface area contributed by atoms with E-state index in [1.807, 2.05) is 60.7 Å². The van der Waals surface area contributed by atoms with Crippen LogP contribution in [0.2, 0.25) is 0 Å². The summed E-state index contributed by atoms with van der Waals surface area (Å²) >= 11 is 0.270. The van der Waals surface area contributed by atoms with Crippen molar-refractivity contribution in [2.75, 3.05) is 0 Å². The van der Waals surface area contributed by atoms with E-state index in [0.29, 0.717) is 17.5 Å². The molecule has 2 heterocycles. The number of aromatic nitrogens is 3. The fourth-order valence-corrected chi connectivity index (χ4v) is 8.13. The Morgan fingerprint density at radius 2 is 0.976 bits per heavy atom. The zero-order valence-corrected chi connectivity index (χ0v) is 23.7. The van der Waals surface area contributed by atoms with Crippen LogP contribution in [-0.2, 0) is 0 Å². The molecule has 8 aromatic rings. The van der Waals surface area contributed by atoms with Crippen LogP contribution in [-0.4, -0.2) is 29.5 Å². The molecule has 0 radical (unpaired) electrons. The molecule has 3 nitrogen and oxygen atoms in total. The van der Waals surface area contributed by atoms with Crippen molar-refractivity contribution in [3.63, 3.8) is 0 Å². The van der Waals surface area contributed by atoms with E-state index < -0.39 is 0 Å². The van der Waals surface area contributed by atoms with Gasteiger partial charge in [-0.1, -0.05) is 12.1 Å². The molecule has 0 saturated carbocycles. The molecule has 0 atom stereocenters. The first kappa shape index (κ1) is 24.0. The van der Waals surface area contributed by atoms with Crippen molar-refractivity contribution >= 4 is 44.6 Å². The summed E-state index contributed by atoms with van der Waals surface area (Å²) in [5.74, 6) is 2.01. The van der Waals surface area contributed by atoms with Crippen LogP contribution in [0.4, 0.5) is 0 Å². The van der Waals surface area contributed by atoms with Gasteiger partial charge in [0.1, 0.15) is 0 Å². The second-order valence-corrected chi connectivity index (χ2v) is 12.3. The fourth-order valence-electron chi connectivity index (χ4n) is 5.54. The van der Waals surface area contributed by atoms with Crippen LogP contribution in [0.3, 0.4) is 0 Å². The monoisotopic (exact) mass is 589 g/mol. The average molecular weight is 589 g/mol. The number of benzene rings is 6. The summed E-state index contributed by atoms with van der Waals surface area (Å²) in [6.45, 7) is 0. The van der Waals surface area contributed by atoms with Gasteiger partial charge in [0.15, 0.2) is 0 Å². The molecular formula is C37H23N3Se. The van der Waals surface area contributed by atoms with E-state index in [0.717, 1.165) is 16.7 Å². The molecule has 0 amide bonds. The van der Waals surface area contributed by atoms with Crippen LogP contribution in [0.1, 0.15) is 0 Å². The van der Waals surface area contributed by atoms with Gasteiger partial charge in [0, 0.05) is 0 Å². The third-order valence-electron chi connectivity index (χ3n) is 7.53. The number of hydrogen-bond donors (Lipinski definition) is 0. The summed E-state index contributed by atoms with van der Waals surface area (Å²) in [4.78, 5) is 14.8. The van der Waals surface area contributed by atoms with Gasteiger partial charge in [-0.2, -0.15) is 0 Å². The van der Waals surface area contributed by atoms with Crippen LogP contribution in [0.5, 0.6) is 0 Å². The zero-order valence-electron chi connectivity index (χ0n) is 22.0. The maximum absolute atomic E-state index is 4.97. The number of hydrogen-bond acceptors (Lipinski definition) is 3. The van der Waals surface area contributed by atoms with Gasteiger partial charge in [-0.05, 0) is 0 Å². The van der Waals surface area contributed by atoms with Gasteiger partial charge in [0.2, 0.25) is 0 Å². The first-order chi connectivity index (χ1) is 20.3. The Balaban J connectivity index is 1.34. The standard InChI is InChI=1S/C37H23N3Se/c1-3-11-25(12-4-1)35-38-36(26-13-5-2-6-14-26)40-37(39-35)27-22-21-24-15-9-17-28(32(24)23-27)30-18-10-19-31-29-16-7-8-20-33(29)41-34(30)31/h1-23H. The van der Waals surface area contributed by atoms with Crippen LogP contribution >= 0.6 is 0 Å². The van der Waals surface area contributed by atoms with Crippen molar-refractivity contribution in [3.8, 4) is 45.3 Å².